The largest absolute Gasteiger partial charge is 0.453 e. The van der Waals surface area contributed by atoms with Gasteiger partial charge in [-0.1, -0.05) is 37.0 Å². The van der Waals surface area contributed by atoms with E-state index in [0.29, 0.717) is 0 Å². The minimum absolute atomic E-state index is 0.923. The Kier molecular flexibility index (Phi) is 3.75. The fraction of sp³-hybridized carbons (Fsp3) is 0.280. The number of hydrogen-bond donors (Lipinski definition) is 0. The second kappa shape index (κ2) is 6.29. The van der Waals surface area contributed by atoms with Crippen molar-refractivity contribution in [2.24, 2.45) is 0 Å². The predicted molar refractivity (Wildman–Crippen MR) is 126 cm³/mol. The van der Waals surface area contributed by atoms with E-state index >= 15 is 0 Å². The monoisotopic (exact) mass is 411 g/mol. The Bertz CT molecular complexity index is 1440. The molecule has 0 atom stereocenters. The predicted octanol–water partition coefficient (Wildman–Crippen LogP) is 5.88. The van der Waals surface area contributed by atoms with Crippen LogP contribution in [0.2, 0.25) is 19.6 Å². The van der Waals surface area contributed by atoms with Gasteiger partial charge in [0, 0.05) is 35.5 Å². The maximum Gasteiger partial charge on any atom is 0.161 e. The summed E-state index contributed by atoms with van der Waals surface area (Å²) >= 11 is 0. The number of aromatic nitrogens is 3. The van der Waals surface area contributed by atoms with Gasteiger partial charge >= 0.3 is 0 Å². The summed E-state index contributed by atoms with van der Waals surface area (Å²) in [6.07, 6.45) is 5.41. The van der Waals surface area contributed by atoms with Crippen molar-refractivity contribution in [1.82, 2.24) is 14.5 Å². The molecule has 0 amide bonds. The summed E-state index contributed by atoms with van der Waals surface area (Å²) in [4.78, 5) is 9.60. The number of para-hydroxylation sites is 1. The number of hydrogen-bond acceptors (Lipinski definition) is 3. The minimum Gasteiger partial charge on any atom is -0.453 e. The van der Waals surface area contributed by atoms with E-state index in [1.165, 1.54) is 23.9 Å². The highest BCUT2D eigenvalue weighted by atomic mass is 28.3. The summed E-state index contributed by atoms with van der Waals surface area (Å²) < 4.78 is 8.98. The Hall–Kier alpha value is -2.92. The molecule has 1 aliphatic rings. The molecule has 0 bridgehead atoms. The van der Waals surface area contributed by atoms with Crippen LogP contribution in [-0.4, -0.2) is 22.6 Å². The normalized spacial score (nSPS) is 14.6. The van der Waals surface area contributed by atoms with Gasteiger partial charge in [-0.25, -0.2) is 4.98 Å². The quantitative estimate of drug-likeness (QED) is 0.341. The van der Waals surface area contributed by atoms with Crippen LogP contribution in [0.4, 0.5) is 0 Å². The molecule has 150 valence electrons. The molecule has 5 aromatic rings. The third-order valence-corrected chi connectivity index (χ3v) is 8.43. The van der Waals surface area contributed by atoms with E-state index in [1.807, 2.05) is 6.20 Å². The second-order valence-corrected chi connectivity index (χ2v) is 14.5. The lowest BCUT2D eigenvalue weighted by atomic mass is 10.1. The topological polar surface area (TPSA) is 43.9 Å². The maximum absolute atomic E-state index is 6.61. The zero-order valence-corrected chi connectivity index (χ0v) is 18.7. The van der Waals surface area contributed by atoms with Gasteiger partial charge in [0.25, 0.3) is 0 Å². The smallest absolute Gasteiger partial charge is 0.161 e. The summed E-state index contributed by atoms with van der Waals surface area (Å²) in [6, 6.07) is 15.1. The van der Waals surface area contributed by atoms with Gasteiger partial charge < -0.3 is 8.98 Å². The molecule has 4 heterocycles. The molecule has 0 unspecified atom stereocenters. The standard InChI is InChI=1S/C25H25N3OSi/c1-30(2,3)16-12-13-26-21(15-16)19-8-6-7-17-18-10-11-20-23(25(18)29-24(17)19)28-14-5-4-9-22(28)27-20/h6-8,10-13,15H,4-5,9,14H2,1-3H3. The Morgan fingerprint density at radius 1 is 0.967 bits per heavy atom. The summed E-state index contributed by atoms with van der Waals surface area (Å²) in [5.74, 6) is 1.19. The van der Waals surface area contributed by atoms with Crippen molar-refractivity contribution in [2.45, 2.75) is 45.4 Å². The van der Waals surface area contributed by atoms with Crippen molar-refractivity contribution in [3.63, 3.8) is 0 Å². The SMILES string of the molecule is C[Si](C)(C)c1ccnc(-c2cccc3c2oc2c3ccc3nc4n(c32)CCCC4)c1. The van der Waals surface area contributed by atoms with Crippen LogP contribution < -0.4 is 5.19 Å². The lowest BCUT2D eigenvalue weighted by molar-refractivity contribution is 0.531. The Morgan fingerprint density at radius 2 is 1.83 bits per heavy atom. The van der Waals surface area contributed by atoms with Crippen LogP contribution in [0.15, 0.2) is 53.1 Å². The number of imidazole rings is 1. The van der Waals surface area contributed by atoms with Crippen LogP contribution in [-0.2, 0) is 13.0 Å². The molecular formula is C25H25N3OSi. The summed E-state index contributed by atoms with van der Waals surface area (Å²) in [5.41, 5.74) is 6.12. The van der Waals surface area contributed by atoms with E-state index in [0.717, 1.165) is 57.2 Å². The molecule has 0 fully saturated rings. The average molecular weight is 412 g/mol. The second-order valence-electron chi connectivity index (χ2n) is 9.41. The third-order valence-electron chi connectivity index (χ3n) is 6.38. The van der Waals surface area contributed by atoms with Crippen molar-refractivity contribution < 1.29 is 4.42 Å². The first-order chi connectivity index (χ1) is 14.5. The molecule has 30 heavy (non-hydrogen) atoms. The molecule has 3 aromatic heterocycles. The van der Waals surface area contributed by atoms with Crippen LogP contribution in [0.3, 0.4) is 0 Å². The molecule has 0 spiro atoms. The van der Waals surface area contributed by atoms with Gasteiger partial charge in [-0.2, -0.15) is 0 Å². The van der Waals surface area contributed by atoms with Gasteiger partial charge in [0.15, 0.2) is 5.58 Å². The van der Waals surface area contributed by atoms with Crippen molar-refractivity contribution >= 4 is 46.2 Å². The third kappa shape index (κ3) is 2.58. The first-order valence-electron chi connectivity index (χ1n) is 10.8. The molecular weight excluding hydrogens is 386 g/mol. The number of pyridine rings is 1. The van der Waals surface area contributed by atoms with Gasteiger partial charge in [-0.05, 0) is 43.2 Å². The first kappa shape index (κ1) is 17.9. The molecule has 1 aliphatic heterocycles. The molecule has 0 saturated carbocycles. The number of rotatable bonds is 2. The number of nitrogens with zero attached hydrogens (tertiary/aromatic N) is 3. The first-order valence-corrected chi connectivity index (χ1v) is 14.3. The molecule has 5 heteroatoms. The van der Waals surface area contributed by atoms with E-state index < -0.39 is 8.07 Å². The molecule has 4 nitrogen and oxygen atoms in total. The lowest BCUT2D eigenvalue weighted by Gasteiger charge is -2.17. The van der Waals surface area contributed by atoms with Gasteiger partial charge in [0.05, 0.1) is 19.3 Å². The highest BCUT2D eigenvalue weighted by Gasteiger charge is 2.22. The molecule has 2 aromatic carbocycles. The highest BCUT2D eigenvalue weighted by Crippen LogP contribution is 2.39. The summed E-state index contributed by atoms with van der Waals surface area (Å²) in [5, 5.41) is 3.72. The van der Waals surface area contributed by atoms with Crippen molar-refractivity contribution in [3.8, 4) is 11.3 Å². The number of furan rings is 1. The zero-order valence-electron chi connectivity index (χ0n) is 17.7. The van der Waals surface area contributed by atoms with Crippen LogP contribution in [0.1, 0.15) is 18.7 Å². The maximum atomic E-state index is 6.61. The summed E-state index contributed by atoms with van der Waals surface area (Å²) in [7, 11) is -1.42. The number of fused-ring (bicyclic) bond motifs is 7. The van der Waals surface area contributed by atoms with E-state index in [9.17, 15) is 0 Å². The molecule has 0 radical (unpaired) electrons. The molecule has 0 aliphatic carbocycles. The lowest BCUT2D eigenvalue weighted by Crippen LogP contribution is -2.37. The van der Waals surface area contributed by atoms with E-state index in [-0.39, 0.29) is 0 Å². The van der Waals surface area contributed by atoms with Crippen LogP contribution in [0.5, 0.6) is 0 Å². The molecule has 0 saturated heterocycles. The number of aryl methyl sites for hydroxylation is 2. The van der Waals surface area contributed by atoms with Crippen LogP contribution >= 0.6 is 0 Å². The number of benzene rings is 2. The fourth-order valence-electron chi connectivity index (χ4n) is 4.75. The average Bonchev–Trinajstić information content (AvgIpc) is 3.31. The van der Waals surface area contributed by atoms with Gasteiger partial charge in [0.2, 0.25) is 0 Å². The van der Waals surface area contributed by atoms with Crippen LogP contribution in [0, 0.1) is 0 Å². The summed E-state index contributed by atoms with van der Waals surface area (Å²) in [6.45, 7) is 8.13. The molecule has 6 rings (SSSR count). The van der Waals surface area contributed by atoms with E-state index in [4.69, 9.17) is 14.4 Å². The van der Waals surface area contributed by atoms with Gasteiger partial charge in [-0.15, -0.1) is 0 Å². The Morgan fingerprint density at radius 3 is 2.70 bits per heavy atom. The minimum atomic E-state index is -1.42. The highest BCUT2D eigenvalue weighted by molar-refractivity contribution is 6.88. The Labute approximate surface area is 176 Å². The van der Waals surface area contributed by atoms with E-state index in [2.05, 4.69) is 66.7 Å². The van der Waals surface area contributed by atoms with Gasteiger partial charge in [-0.3, -0.25) is 4.98 Å². The Balaban J connectivity index is 1.65. The molecule has 0 N–H and O–H groups in total. The van der Waals surface area contributed by atoms with Crippen molar-refractivity contribution in [1.29, 1.82) is 0 Å². The zero-order chi connectivity index (χ0) is 20.5. The van der Waals surface area contributed by atoms with Crippen molar-refractivity contribution in [2.75, 3.05) is 0 Å². The van der Waals surface area contributed by atoms with Crippen molar-refractivity contribution in [3.05, 3.63) is 54.5 Å². The van der Waals surface area contributed by atoms with E-state index in [1.54, 1.807) is 0 Å². The fourth-order valence-corrected chi connectivity index (χ4v) is 5.89. The van der Waals surface area contributed by atoms with Crippen LogP contribution in [0.25, 0.3) is 44.2 Å². The van der Waals surface area contributed by atoms with Gasteiger partial charge in [0.1, 0.15) is 16.9 Å².